The SMILES string of the molecule is c1ccc(CNc2nccc(N3CCCCCC3)n2)cc1. The van der Waals surface area contributed by atoms with Crippen LogP contribution in [0.3, 0.4) is 0 Å². The fourth-order valence-electron chi connectivity index (χ4n) is 2.69. The van der Waals surface area contributed by atoms with Crippen LogP contribution in [0.15, 0.2) is 42.6 Å². The van der Waals surface area contributed by atoms with Gasteiger partial charge in [-0.25, -0.2) is 4.98 Å². The van der Waals surface area contributed by atoms with E-state index in [9.17, 15) is 0 Å². The van der Waals surface area contributed by atoms with Gasteiger partial charge >= 0.3 is 0 Å². The van der Waals surface area contributed by atoms with E-state index >= 15 is 0 Å². The van der Waals surface area contributed by atoms with Gasteiger partial charge in [-0.1, -0.05) is 43.2 Å². The lowest BCUT2D eigenvalue weighted by molar-refractivity contribution is 0.726. The number of hydrogen-bond acceptors (Lipinski definition) is 4. The Balaban J connectivity index is 1.65. The van der Waals surface area contributed by atoms with Gasteiger partial charge in [-0.05, 0) is 24.5 Å². The third kappa shape index (κ3) is 3.94. The molecule has 0 bridgehead atoms. The van der Waals surface area contributed by atoms with Crippen molar-refractivity contribution >= 4 is 11.8 Å². The maximum Gasteiger partial charge on any atom is 0.224 e. The molecule has 1 saturated heterocycles. The van der Waals surface area contributed by atoms with Crippen LogP contribution in [0.4, 0.5) is 11.8 Å². The molecule has 1 N–H and O–H groups in total. The Kier molecular flexibility index (Phi) is 4.66. The van der Waals surface area contributed by atoms with Crippen LogP contribution < -0.4 is 10.2 Å². The molecule has 110 valence electrons. The molecular formula is C17H22N4. The van der Waals surface area contributed by atoms with Gasteiger partial charge in [-0.3, -0.25) is 0 Å². The van der Waals surface area contributed by atoms with Gasteiger partial charge < -0.3 is 10.2 Å². The number of benzene rings is 1. The average Bonchev–Trinajstić information content (AvgIpc) is 2.83. The van der Waals surface area contributed by atoms with Crippen molar-refractivity contribution in [2.24, 2.45) is 0 Å². The van der Waals surface area contributed by atoms with E-state index in [0.29, 0.717) is 5.95 Å². The summed E-state index contributed by atoms with van der Waals surface area (Å²) in [5.74, 6) is 1.75. The van der Waals surface area contributed by atoms with Crippen LogP contribution in [-0.4, -0.2) is 23.1 Å². The maximum atomic E-state index is 4.66. The minimum atomic E-state index is 0.709. The van der Waals surface area contributed by atoms with Crippen molar-refractivity contribution in [1.82, 2.24) is 9.97 Å². The zero-order valence-corrected chi connectivity index (χ0v) is 12.3. The Morgan fingerprint density at radius 3 is 2.48 bits per heavy atom. The Morgan fingerprint density at radius 1 is 0.952 bits per heavy atom. The van der Waals surface area contributed by atoms with E-state index in [-0.39, 0.29) is 0 Å². The minimum Gasteiger partial charge on any atom is -0.356 e. The molecule has 1 aliphatic rings. The Labute approximate surface area is 126 Å². The minimum absolute atomic E-state index is 0.709. The molecule has 1 aliphatic heterocycles. The topological polar surface area (TPSA) is 41.1 Å². The average molecular weight is 282 g/mol. The highest BCUT2D eigenvalue weighted by molar-refractivity contribution is 5.42. The van der Waals surface area contributed by atoms with Gasteiger partial charge in [-0.2, -0.15) is 4.98 Å². The van der Waals surface area contributed by atoms with Crippen LogP contribution in [0.5, 0.6) is 0 Å². The summed E-state index contributed by atoms with van der Waals surface area (Å²) in [6, 6.07) is 12.3. The van der Waals surface area contributed by atoms with E-state index in [1.807, 2.05) is 30.5 Å². The van der Waals surface area contributed by atoms with Crippen LogP contribution in [0, 0.1) is 0 Å². The maximum absolute atomic E-state index is 4.66. The number of nitrogens with one attached hydrogen (secondary N) is 1. The van der Waals surface area contributed by atoms with Crippen molar-refractivity contribution in [3.8, 4) is 0 Å². The largest absolute Gasteiger partial charge is 0.356 e. The molecular weight excluding hydrogens is 260 g/mol. The predicted octanol–water partition coefficient (Wildman–Crippen LogP) is 3.47. The normalized spacial score (nSPS) is 15.5. The summed E-state index contributed by atoms with van der Waals surface area (Å²) >= 11 is 0. The first-order valence-corrected chi connectivity index (χ1v) is 7.77. The first kappa shape index (κ1) is 13.9. The third-order valence-corrected chi connectivity index (χ3v) is 3.86. The molecule has 1 aromatic heterocycles. The number of nitrogens with zero attached hydrogens (tertiary/aromatic N) is 3. The summed E-state index contributed by atoms with van der Waals surface area (Å²) in [7, 11) is 0. The molecule has 1 aromatic carbocycles. The molecule has 0 amide bonds. The van der Waals surface area contributed by atoms with E-state index in [2.05, 4.69) is 32.3 Å². The lowest BCUT2D eigenvalue weighted by atomic mass is 10.2. The molecule has 1 fully saturated rings. The second-order valence-electron chi connectivity index (χ2n) is 5.48. The van der Waals surface area contributed by atoms with Crippen molar-refractivity contribution < 1.29 is 0 Å². The van der Waals surface area contributed by atoms with Crippen molar-refractivity contribution in [2.45, 2.75) is 32.2 Å². The molecule has 0 aliphatic carbocycles. The second kappa shape index (κ2) is 7.07. The molecule has 0 saturated carbocycles. The molecule has 2 heterocycles. The monoisotopic (exact) mass is 282 g/mol. The predicted molar refractivity (Wildman–Crippen MR) is 86.5 cm³/mol. The fraction of sp³-hybridized carbons (Fsp3) is 0.412. The van der Waals surface area contributed by atoms with Crippen LogP contribution in [0.1, 0.15) is 31.2 Å². The van der Waals surface area contributed by atoms with Gasteiger partial charge in [0, 0.05) is 25.8 Å². The number of aromatic nitrogens is 2. The molecule has 2 aromatic rings. The quantitative estimate of drug-likeness (QED) is 0.932. The highest BCUT2D eigenvalue weighted by Crippen LogP contribution is 2.18. The smallest absolute Gasteiger partial charge is 0.224 e. The lowest BCUT2D eigenvalue weighted by Crippen LogP contribution is -2.25. The van der Waals surface area contributed by atoms with Gasteiger partial charge in [0.1, 0.15) is 5.82 Å². The number of hydrogen-bond donors (Lipinski definition) is 1. The molecule has 4 heteroatoms. The summed E-state index contributed by atoms with van der Waals surface area (Å²) < 4.78 is 0. The second-order valence-corrected chi connectivity index (χ2v) is 5.48. The summed E-state index contributed by atoms with van der Waals surface area (Å²) in [6.45, 7) is 2.97. The number of rotatable bonds is 4. The van der Waals surface area contributed by atoms with Crippen molar-refractivity contribution in [3.05, 3.63) is 48.2 Å². The zero-order valence-electron chi connectivity index (χ0n) is 12.3. The molecule has 0 unspecified atom stereocenters. The third-order valence-electron chi connectivity index (χ3n) is 3.86. The zero-order chi connectivity index (χ0) is 14.3. The lowest BCUT2D eigenvalue weighted by Gasteiger charge is -2.21. The first-order chi connectivity index (χ1) is 10.4. The van der Waals surface area contributed by atoms with E-state index in [1.54, 1.807) is 0 Å². The number of anilines is 2. The fourth-order valence-corrected chi connectivity index (χ4v) is 2.69. The molecule has 0 atom stereocenters. The summed E-state index contributed by atoms with van der Waals surface area (Å²) in [5, 5.41) is 3.31. The summed E-state index contributed by atoms with van der Waals surface area (Å²) in [4.78, 5) is 11.4. The Hall–Kier alpha value is -2.10. The summed E-state index contributed by atoms with van der Waals surface area (Å²) in [5.41, 5.74) is 1.24. The van der Waals surface area contributed by atoms with E-state index < -0.39 is 0 Å². The van der Waals surface area contributed by atoms with E-state index in [1.165, 1.54) is 31.2 Å². The Bertz CT molecular complexity index is 548. The van der Waals surface area contributed by atoms with Crippen molar-refractivity contribution in [3.63, 3.8) is 0 Å². The summed E-state index contributed by atoms with van der Waals surface area (Å²) in [6.07, 6.45) is 7.04. The molecule has 21 heavy (non-hydrogen) atoms. The van der Waals surface area contributed by atoms with Gasteiger partial charge in [0.25, 0.3) is 0 Å². The van der Waals surface area contributed by atoms with Crippen LogP contribution in [0.25, 0.3) is 0 Å². The standard InChI is InChI=1S/C17H22N4/c1-2-7-13-21(12-6-1)16-10-11-18-17(20-16)19-14-15-8-4-3-5-9-15/h3-5,8-11H,1-2,6-7,12-14H2,(H,18,19,20). The van der Waals surface area contributed by atoms with Crippen LogP contribution in [-0.2, 0) is 6.54 Å². The van der Waals surface area contributed by atoms with Crippen LogP contribution in [0.2, 0.25) is 0 Å². The Morgan fingerprint density at radius 2 is 1.71 bits per heavy atom. The highest BCUT2D eigenvalue weighted by atomic mass is 15.2. The van der Waals surface area contributed by atoms with Crippen molar-refractivity contribution in [1.29, 1.82) is 0 Å². The van der Waals surface area contributed by atoms with Gasteiger partial charge in [-0.15, -0.1) is 0 Å². The van der Waals surface area contributed by atoms with Gasteiger partial charge in [0.15, 0.2) is 0 Å². The highest BCUT2D eigenvalue weighted by Gasteiger charge is 2.11. The van der Waals surface area contributed by atoms with Crippen molar-refractivity contribution in [2.75, 3.05) is 23.3 Å². The van der Waals surface area contributed by atoms with Gasteiger partial charge in [0.2, 0.25) is 5.95 Å². The van der Waals surface area contributed by atoms with Gasteiger partial charge in [0.05, 0.1) is 0 Å². The molecule has 0 spiro atoms. The van der Waals surface area contributed by atoms with E-state index in [0.717, 1.165) is 25.5 Å². The molecule has 0 radical (unpaired) electrons. The first-order valence-electron chi connectivity index (χ1n) is 7.77. The van der Waals surface area contributed by atoms with Crippen LogP contribution >= 0.6 is 0 Å². The molecule has 3 rings (SSSR count). The van der Waals surface area contributed by atoms with E-state index in [4.69, 9.17) is 0 Å². The molecule has 4 nitrogen and oxygen atoms in total.